The van der Waals surface area contributed by atoms with Gasteiger partial charge in [0.2, 0.25) is 0 Å². The van der Waals surface area contributed by atoms with Crippen molar-refractivity contribution in [2.24, 2.45) is 5.92 Å². The third-order valence-corrected chi connectivity index (χ3v) is 3.47. The topological polar surface area (TPSA) is 67.1 Å². The predicted molar refractivity (Wildman–Crippen MR) is 79.8 cm³/mol. The molecule has 0 spiro atoms. The third kappa shape index (κ3) is 4.07. The van der Waals surface area contributed by atoms with Crippen LogP contribution in [0.5, 0.6) is 0 Å². The Kier molecular flexibility index (Phi) is 6.20. The summed E-state index contributed by atoms with van der Waals surface area (Å²) >= 11 is 0. The van der Waals surface area contributed by atoms with Gasteiger partial charge < -0.3 is 10.4 Å². The molecule has 0 amide bonds. The summed E-state index contributed by atoms with van der Waals surface area (Å²) in [5.74, 6) is -0.211. The van der Waals surface area contributed by atoms with E-state index in [2.05, 4.69) is 24.3 Å². The summed E-state index contributed by atoms with van der Waals surface area (Å²) in [6.07, 6.45) is 1.44. The molecule has 1 atom stereocenters. The number of hydrogen-bond donors (Lipinski definition) is 2. The van der Waals surface area contributed by atoms with Gasteiger partial charge in [0.05, 0.1) is 5.69 Å². The minimum Gasteiger partial charge on any atom is -0.480 e. The largest absolute Gasteiger partial charge is 0.480 e. The number of hydrogen-bond acceptors (Lipinski definition) is 3. The highest BCUT2D eigenvalue weighted by Gasteiger charge is 2.23. The molecular formula is C15H27N3O2. The summed E-state index contributed by atoms with van der Waals surface area (Å²) in [7, 11) is 0. The van der Waals surface area contributed by atoms with E-state index in [1.807, 2.05) is 20.8 Å². The number of aryl methyl sites for hydroxylation is 1. The molecule has 1 unspecified atom stereocenters. The molecule has 5 heteroatoms. The van der Waals surface area contributed by atoms with Crippen molar-refractivity contribution in [1.29, 1.82) is 0 Å². The summed E-state index contributed by atoms with van der Waals surface area (Å²) in [5, 5.41) is 17.2. The van der Waals surface area contributed by atoms with E-state index in [1.165, 1.54) is 0 Å². The van der Waals surface area contributed by atoms with Gasteiger partial charge in [-0.15, -0.1) is 0 Å². The lowest BCUT2D eigenvalue weighted by Crippen LogP contribution is -2.22. The zero-order valence-electron chi connectivity index (χ0n) is 13.2. The first-order valence-corrected chi connectivity index (χ1v) is 7.36. The lowest BCUT2D eigenvalue weighted by atomic mass is 10.1. The Morgan fingerprint density at radius 2 is 2.05 bits per heavy atom. The maximum atomic E-state index is 11.4. The monoisotopic (exact) mass is 281 g/mol. The van der Waals surface area contributed by atoms with Crippen LogP contribution in [0.15, 0.2) is 0 Å². The summed E-state index contributed by atoms with van der Waals surface area (Å²) in [5.41, 5.74) is 2.99. The normalized spacial score (nSPS) is 12.9. The first kappa shape index (κ1) is 16.7. The molecule has 5 nitrogen and oxygen atoms in total. The van der Waals surface area contributed by atoms with Crippen LogP contribution < -0.4 is 5.32 Å². The smallest absolute Gasteiger partial charge is 0.328 e. The highest BCUT2D eigenvalue weighted by atomic mass is 16.4. The van der Waals surface area contributed by atoms with Crippen LogP contribution in [0.25, 0.3) is 0 Å². The van der Waals surface area contributed by atoms with E-state index < -0.39 is 12.0 Å². The summed E-state index contributed by atoms with van der Waals surface area (Å²) in [6, 6.07) is -0.558. The van der Waals surface area contributed by atoms with Crippen LogP contribution in [0, 0.1) is 19.8 Å². The standard InChI is InChI=1S/C15H27N3O2/c1-6-7-14(15(19)20)18-12(5)13(11(4)17-18)9-16-8-10(2)3/h10,14,16H,6-9H2,1-5H3,(H,19,20). The number of aliphatic carboxylic acids is 1. The van der Waals surface area contributed by atoms with Crippen LogP contribution in [0.3, 0.4) is 0 Å². The van der Waals surface area contributed by atoms with Crippen LogP contribution in [-0.2, 0) is 11.3 Å². The fourth-order valence-electron chi connectivity index (χ4n) is 2.37. The van der Waals surface area contributed by atoms with E-state index in [1.54, 1.807) is 4.68 Å². The number of rotatable bonds is 8. The van der Waals surface area contributed by atoms with E-state index in [9.17, 15) is 9.90 Å². The van der Waals surface area contributed by atoms with Crippen molar-refractivity contribution in [2.75, 3.05) is 6.54 Å². The van der Waals surface area contributed by atoms with Crippen molar-refractivity contribution in [3.8, 4) is 0 Å². The quantitative estimate of drug-likeness (QED) is 0.769. The molecule has 114 valence electrons. The second kappa shape index (κ2) is 7.43. The molecule has 0 aromatic carbocycles. The number of carboxylic acids is 1. The Hall–Kier alpha value is -1.36. The van der Waals surface area contributed by atoms with E-state index in [0.717, 1.165) is 36.5 Å². The number of carboxylic acid groups (broad SMARTS) is 1. The van der Waals surface area contributed by atoms with Crippen molar-refractivity contribution in [1.82, 2.24) is 15.1 Å². The lowest BCUT2D eigenvalue weighted by molar-refractivity contribution is -0.141. The van der Waals surface area contributed by atoms with Crippen molar-refractivity contribution in [2.45, 2.75) is 60.0 Å². The summed E-state index contributed by atoms with van der Waals surface area (Å²) in [6.45, 7) is 11.9. The van der Waals surface area contributed by atoms with Gasteiger partial charge in [-0.2, -0.15) is 5.10 Å². The Morgan fingerprint density at radius 1 is 1.40 bits per heavy atom. The molecule has 0 radical (unpaired) electrons. The Bertz CT molecular complexity index is 452. The van der Waals surface area contributed by atoms with Gasteiger partial charge in [0.15, 0.2) is 0 Å². The third-order valence-electron chi connectivity index (χ3n) is 3.47. The molecule has 1 aromatic rings. The maximum absolute atomic E-state index is 11.4. The fraction of sp³-hybridized carbons (Fsp3) is 0.733. The molecule has 0 bridgehead atoms. The van der Waals surface area contributed by atoms with Crippen LogP contribution in [0.4, 0.5) is 0 Å². The van der Waals surface area contributed by atoms with Gasteiger partial charge in [-0.3, -0.25) is 4.68 Å². The Balaban J connectivity index is 2.92. The molecule has 0 saturated heterocycles. The molecule has 0 fully saturated rings. The van der Waals surface area contributed by atoms with Gasteiger partial charge in [0, 0.05) is 17.8 Å². The Morgan fingerprint density at radius 3 is 2.55 bits per heavy atom. The molecule has 1 aromatic heterocycles. The number of nitrogens with zero attached hydrogens (tertiary/aromatic N) is 2. The van der Waals surface area contributed by atoms with Crippen LogP contribution in [0.1, 0.15) is 56.6 Å². The van der Waals surface area contributed by atoms with Gasteiger partial charge in [0.25, 0.3) is 0 Å². The van der Waals surface area contributed by atoms with Gasteiger partial charge in [-0.1, -0.05) is 27.2 Å². The van der Waals surface area contributed by atoms with Crippen molar-refractivity contribution in [3.63, 3.8) is 0 Å². The average Bonchev–Trinajstić information content (AvgIpc) is 2.62. The molecule has 0 aliphatic rings. The van der Waals surface area contributed by atoms with Crippen molar-refractivity contribution in [3.05, 3.63) is 17.0 Å². The van der Waals surface area contributed by atoms with E-state index in [0.29, 0.717) is 12.3 Å². The van der Waals surface area contributed by atoms with Crippen molar-refractivity contribution < 1.29 is 9.90 Å². The lowest BCUT2D eigenvalue weighted by Gasteiger charge is -2.14. The minimum absolute atomic E-state index is 0.558. The molecule has 0 aliphatic heterocycles. The second-order valence-electron chi connectivity index (χ2n) is 5.76. The maximum Gasteiger partial charge on any atom is 0.328 e. The van der Waals surface area contributed by atoms with Gasteiger partial charge in [-0.05, 0) is 32.7 Å². The van der Waals surface area contributed by atoms with Crippen LogP contribution in [0.2, 0.25) is 0 Å². The number of aromatic nitrogens is 2. The van der Waals surface area contributed by atoms with Gasteiger partial charge in [0.1, 0.15) is 6.04 Å². The van der Waals surface area contributed by atoms with Crippen molar-refractivity contribution >= 4 is 5.97 Å². The highest BCUT2D eigenvalue weighted by molar-refractivity contribution is 5.71. The van der Waals surface area contributed by atoms with E-state index in [-0.39, 0.29) is 0 Å². The molecule has 0 aliphatic carbocycles. The van der Waals surface area contributed by atoms with E-state index in [4.69, 9.17) is 0 Å². The van der Waals surface area contributed by atoms with E-state index >= 15 is 0 Å². The highest BCUT2D eigenvalue weighted by Crippen LogP contribution is 2.21. The zero-order valence-corrected chi connectivity index (χ0v) is 13.2. The number of carbonyl (C=O) groups is 1. The fourth-order valence-corrected chi connectivity index (χ4v) is 2.37. The molecular weight excluding hydrogens is 254 g/mol. The summed E-state index contributed by atoms with van der Waals surface area (Å²) < 4.78 is 1.67. The Labute approximate surface area is 121 Å². The zero-order chi connectivity index (χ0) is 15.3. The average molecular weight is 281 g/mol. The minimum atomic E-state index is -0.806. The summed E-state index contributed by atoms with van der Waals surface area (Å²) in [4.78, 5) is 11.4. The second-order valence-corrected chi connectivity index (χ2v) is 5.76. The first-order chi connectivity index (χ1) is 9.38. The number of nitrogens with one attached hydrogen (secondary N) is 1. The molecule has 1 rings (SSSR count). The molecule has 20 heavy (non-hydrogen) atoms. The predicted octanol–water partition coefficient (Wildman–Crippen LogP) is 2.67. The van der Waals surface area contributed by atoms with Gasteiger partial charge in [-0.25, -0.2) is 4.79 Å². The van der Waals surface area contributed by atoms with Crippen LogP contribution in [-0.4, -0.2) is 27.4 Å². The molecule has 0 saturated carbocycles. The van der Waals surface area contributed by atoms with Gasteiger partial charge >= 0.3 is 5.97 Å². The van der Waals surface area contributed by atoms with Crippen LogP contribution >= 0.6 is 0 Å². The molecule has 1 heterocycles. The molecule has 2 N–H and O–H groups in total. The first-order valence-electron chi connectivity index (χ1n) is 7.36. The SMILES string of the molecule is CCCC(C(=O)O)n1nc(C)c(CNCC(C)C)c1C.